The van der Waals surface area contributed by atoms with Crippen molar-refractivity contribution >= 4 is 57.2 Å². The van der Waals surface area contributed by atoms with Crippen LogP contribution in [-0.4, -0.2) is 9.97 Å². The molecule has 0 fully saturated rings. The molecule has 0 aliphatic heterocycles. The van der Waals surface area contributed by atoms with Crippen LogP contribution in [0.4, 0.5) is 11.5 Å². The van der Waals surface area contributed by atoms with Crippen LogP contribution in [-0.2, 0) is 0 Å². The monoisotopic (exact) mass is 399 g/mol. The van der Waals surface area contributed by atoms with E-state index in [9.17, 15) is 0 Å². The topological polar surface area (TPSA) is 37.8 Å². The lowest BCUT2D eigenvalue weighted by Crippen LogP contribution is -1.99. The van der Waals surface area contributed by atoms with E-state index < -0.39 is 0 Å². The highest BCUT2D eigenvalue weighted by Crippen LogP contribution is 2.30. The zero-order valence-electron chi connectivity index (χ0n) is 13.4. The van der Waals surface area contributed by atoms with Crippen LogP contribution in [0.3, 0.4) is 0 Å². The Kier molecular flexibility index (Phi) is 4.68. The predicted octanol–water partition coefficient (Wildman–Crippen LogP) is 7.00. The molecular formula is C20H12Cl3N3. The molecule has 3 aromatic carbocycles. The van der Waals surface area contributed by atoms with Crippen LogP contribution in [0.2, 0.25) is 15.1 Å². The van der Waals surface area contributed by atoms with Gasteiger partial charge >= 0.3 is 0 Å². The first kappa shape index (κ1) is 17.1. The fraction of sp³-hybridized carbons (Fsp3) is 0. The summed E-state index contributed by atoms with van der Waals surface area (Å²) in [7, 11) is 0. The first-order valence-electron chi connectivity index (χ1n) is 7.85. The lowest BCUT2D eigenvalue weighted by atomic mass is 10.2. The minimum absolute atomic E-state index is 0.480. The zero-order valence-corrected chi connectivity index (χ0v) is 15.6. The smallest absolute Gasteiger partial charge is 0.162 e. The molecule has 26 heavy (non-hydrogen) atoms. The van der Waals surface area contributed by atoms with Gasteiger partial charge in [-0.15, -0.1) is 0 Å². The number of nitrogens with one attached hydrogen (secondary N) is 1. The van der Waals surface area contributed by atoms with Gasteiger partial charge in [0.2, 0.25) is 0 Å². The summed E-state index contributed by atoms with van der Waals surface area (Å²) in [5.74, 6) is 1.31. The molecule has 0 aliphatic carbocycles. The number of hydrogen-bond acceptors (Lipinski definition) is 3. The van der Waals surface area contributed by atoms with Crippen molar-refractivity contribution in [2.24, 2.45) is 0 Å². The molecule has 6 heteroatoms. The molecule has 4 aromatic rings. The Labute approximate surface area is 165 Å². The number of rotatable bonds is 3. The Hall–Kier alpha value is -2.33. The largest absolute Gasteiger partial charge is 0.340 e. The predicted molar refractivity (Wildman–Crippen MR) is 110 cm³/mol. The van der Waals surface area contributed by atoms with Gasteiger partial charge in [0.25, 0.3) is 0 Å². The Bertz CT molecular complexity index is 1100. The van der Waals surface area contributed by atoms with Crippen LogP contribution >= 0.6 is 34.8 Å². The van der Waals surface area contributed by atoms with E-state index in [0.29, 0.717) is 26.7 Å². The van der Waals surface area contributed by atoms with Gasteiger partial charge in [-0.25, -0.2) is 9.97 Å². The number of anilines is 2. The van der Waals surface area contributed by atoms with Crippen LogP contribution in [0.5, 0.6) is 0 Å². The number of benzene rings is 3. The Balaban J connectivity index is 1.84. The van der Waals surface area contributed by atoms with E-state index >= 15 is 0 Å². The van der Waals surface area contributed by atoms with E-state index in [1.54, 1.807) is 12.1 Å². The number of aromatic nitrogens is 2. The third-order valence-corrected chi connectivity index (χ3v) is 4.88. The molecule has 1 N–H and O–H groups in total. The van der Waals surface area contributed by atoms with Gasteiger partial charge in [0.1, 0.15) is 5.82 Å². The van der Waals surface area contributed by atoms with E-state index in [4.69, 9.17) is 39.8 Å². The van der Waals surface area contributed by atoms with Gasteiger partial charge in [0, 0.05) is 21.7 Å². The van der Waals surface area contributed by atoms with E-state index in [0.717, 1.165) is 22.2 Å². The lowest BCUT2D eigenvalue weighted by Gasteiger charge is -2.12. The number of hydrogen-bond donors (Lipinski definition) is 1. The van der Waals surface area contributed by atoms with Gasteiger partial charge in [0.15, 0.2) is 5.82 Å². The minimum atomic E-state index is 0.480. The van der Waals surface area contributed by atoms with Crippen molar-refractivity contribution in [3.63, 3.8) is 0 Å². The van der Waals surface area contributed by atoms with Gasteiger partial charge in [0.05, 0.1) is 15.6 Å². The van der Waals surface area contributed by atoms with Crippen molar-refractivity contribution in [2.45, 2.75) is 0 Å². The summed E-state index contributed by atoms with van der Waals surface area (Å²) in [6.45, 7) is 0. The average Bonchev–Trinajstić information content (AvgIpc) is 2.65. The standard InChI is InChI=1S/C20H12Cl3N3/c21-13-7-5-12(6-8-13)19-25-18-4-2-1-3-15(18)20(26-19)24-14-9-10-16(22)17(23)11-14/h1-11H,(H,24,25,26). The van der Waals surface area contributed by atoms with Crippen LogP contribution in [0.25, 0.3) is 22.3 Å². The zero-order chi connectivity index (χ0) is 18.1. The summed E-state index contributed by atoms with van der Waals surface area (Å²) in [5, 5.41) is 5.89. The molecule has 0 aliphatic rings. The van der Waals surface area contributed by atoms with E-state index in [1.807, 2.05) is 54.6 Å². The molecule has 0 saturated heterocycles. The maximum absolute atomic E-state index is 6.12. The van der Waals surface area contributed by atoms with Crippen LogP contribution < -0.4 is 5.32 Å². The summed E-state index contributed by atoms with van der Waals surface area (Å²) in [6.07, 6.45) is 0. The second-order valence-corrected chi connectivity index (χ2v) is 6.92. The van der Waals surface area contributed by atoms with Gasteiger partial charge in [-0.2, -0.15) is 0 Å². The summed E-state index contributed by atoms with van der Waals surface area (Å²) in [4.78, 5) is 9.37. The molecule has 0 amide bonds. The summed E-state index contributed by atoms with van der Waals surface area (Å²) in [5.41, 5.74) is 2.53. The van der Waals surface area contributed by atoms with Crippen molar-refractivity contribution in [1.82, 2.24) is 9.97 Å². The van der Waals surface area contributed by atoms with Crippen molar-refractivity contribution < 1.29 is 0 Å². The highest BCUT2D eigenvalue weighted by atomic mass is 35.5. The van der Waals surface area contributed by atoms with Gasteiger partial charge < -0.3 is 5.32 Å². The molecule has 0 spiro atoms. The molecule has 4 rings (SSSR count). The first-order chi connectivity index (χ1) is 12.6. The second-order valence-electron chi connectivity index (χ2n) is 5.67. The highest BCUT2D eigenvalue weighted by molar-refractivity contribution is 6.42. The summed E-state index contributed by atoms with van der Waals surface area (Å²) < 4.78 is 0. The molecule has 0 atom stereocenters. The molecule has 3 nitrogen and oxygen atoms in total. The molecule has 0 unspecified atom stereocenters. The van der Waals surface area contributed by atoms with Gasteiger partial charge in [-0.05, 0) is 54.6 Å². The first-order valence-corrected chi connectivity index (χ1v) is 8.98. The molecule has 1 aromatic heterocycles. The number of para-hydroxylation sites is 1. The Morgan fingerprint density at radius 1 is 0.731 bits per heavy atom. The maximum atomic E-state index is 6.12. The van der Waals surface area contributed by atoms with Crippen molar-refractivity contribution in [2.75, 3.05) is 5.32 Å². The van der Waals surface area contributed by atoms with E-state index in [1.165, 1.54) is 0 Å². The third-order valence-electron chi connectivity index (χ3n) is 3.89. The van der Waals surface area contributed by atoms with Gasteiger partial charge in [-0.3, -0.25) is 0 Å². The van der Waals surface area contributed by atoms with Crippen molar-refractivity contribution in [3.8, 4) is 11.4 Å². The normalized spacial score (nSPS) is 10.9. The molecule has 1 heterocycles. The molecule has 0 bridgehead atoms. The quantitative estimate of drug-likeness (QED) is 0.402. The molecule has 0 radical (unpaired) electrons. The highest BCUT2D eigenvalue weighted by Gasteiger charge is 2.10. The fourth-order valence-electron chi connectivity index (χ4n) is 2.61. The minimum Gasteiger partial charge on any atom is -0.340 e. The number of nitrogens with zero attached hydrogens (tertiary/aromatic N) is 2. The summed E-state index contributed by atoms with van der Waals surface area (Å²) >= 11 is 18.1. The van der Waals surface area contributed by atoms with E-state index in [-0.39, 0.29) is 0 Å². The number of halogens is 3. The second kappa shape index (κ2) is 7.12. The molecule has 128 valence electrons. The number of fused-ring (bicyclic) bond motifs is 1. The molecular weight excluding hydrogens is 389 g/mol. The van der Waals surface area contributed by atoms with Crippen LogP contribution in [0.15, 0.2) is 66.7 Å². The van der Waals surface area contributed by atoms with Crippen molar-refractivity contribution in [1.29, 1.82) is 0 Å². The Morgan fingerprint density at radius 2 is 1.50 bits per heavy atom. The van der Waals surface area contributed by atoms with E-state index in [2.05, 4.69) is 10.3 Å². The lowest BCUT2D eigenvalue weighted by molar-refractivity contribution is 1.22. The van der Waals surface area contributed by atoms with Crippen LogP contribution in [0.1, 0.15) is 0 Å². The maximum Gasteiger partial charge on any atom is 0.162 e. The van der Waals surface area contributed by atoms with Gasteiger partial charge in [-0.1, -0.05) is 46.9 Å². The van der Waals surface area contributed by atoms with Crippen molar-refractivity contribution in [3.05, 3.63) is 81.8 Å². The summed E-state index contributed by atoms with van der Waals surface area (Å²) in [6, 6.07) is 20.6. The Morgan fingerprint density at radius 3 is 2.27 bits per heavy atom. The SMILES string of the molecule is Clc1ccc(-c2nc(Nc3ccc(Cl)c(Cl)c3)c3ccccc3n2)cc1. The molecule has 0 saturated carbocycles. The average molecular weight is 401 g/mol. The fourth-order valence-corrected chi connectivity index (χ4v) is 3.03. The van der Waals surface area contributed by atoms with Crippen LogP contribution in [0, 0.1) is 0 Å². The third kappa shape index (κ3) is 3.47.